The van der Waals surface area contributed by atoms with Crippen LogP contribution in [0, 0.1) is 5.92 Å². The summed E-state index contributed by atoms with van der Waals surface area (Å²) in [4.78, 5) is 2.60. The fraction of sp³-hybridized carbons (Fsp3) is 1.00. The van der Waals surface area contributed by atoms with Gasteiger partial charge in [-0.2, -0.15) is 0 Å². The number of hydrogen-bond donors (Lipinski definition) is 1. The summed E-state index contributed by atoms with van der Waals surface area (Å²) >= 11 is 0. The maximum absolute atomic E-state index is 6.06. The van der Waals surface area contributed by atoms with E-state index in [0.717, 1.165) is 39.1 Å². The van der Waals surface area contributed by atoms with Gasteiger partial charge in [0.05, 0.1) is 0 Å². The molecular formula is C13H28N2O. The Balaban J connectivity index is 2.78. The van der Waals surface area contributed by atoms with Crippen LogP contribution in [0.4, 0.5) is 0 Å². The minimum atomic E-state index is 0.177. The molecule has 0 aromatic heterocycles. The zero-order chi connectivity index (χ0) is 12.2. The lowest BCUT2D eigenvalue weighted by Crippen LogP contribution is -2.60. The van der Waals surface area contributed by atoms with Crippen molar-refractivity contribution in [3.63, 3.8) is 0 Å². The van der Waals surface area contributed by atoms with Gasteiger partial charge in [-0.15, -0.1) is 0 Å². The highest BCUT2D eigenvalue weighted by Gasteiger charge is 2.38. The molecule has 1 saturated heterocycles. The van der Waals surface area contributed by atoms with E-state index in [1.807, 2.05) is 0 Å². The summed E-state index contributed by atoms with van der Waals surface area (Å²) in [5.41, 5.74) is 6.23. The second kappa shape index (κ2) is 5.99. The molecule has 0 spiro atoms. The molecule has 1 aliphatic heterocycles. The molecule has 0 aromatic rings. The average molecular weight is 228 g/mol. The largest absolute Gasteiger partial charge is 0.381 e. The van der Waals surface area contributed by atoms with Gasteiger partial charge in [-0.25, -0.2) is 0 Å². The molecule has 2 N–H and O–H groups in total. The monoisotopic (exact) mass is 228 g/mol. The van der Waals surface area contributed by atoms with Gasteiger partial charge < -0.3 is 10.5 Å². The van der Waals surface area contributed by atoms with Crippen molar-refractivity contribution in [3.05, 3.63) is 0 Å². The first kappa shape index (κ1) is 13.9. The highest BCUT2D eigenvalue weighted by Crippen LogP contribution is 2.29. The predicted molar refractivity (Wildman–Crippen MR) is 68.5 cm³/mol. The van der Waals surface area contributed by atoms with Crippen LogP contribution < -0.4 is 5.73 Å². The molecule has 0 atom stereocenters. The molecule has 0 aliphatic carbocycles. The van der Waals surface area contributed by atoms with Gasteiger partial charge in [-0.3, -0.25) is 4.90 Å². The van der Waals surface area contributed by atoms with Gasteiger partial charge in [0, 0.05) is 37.9 Å². The molecule has 96 valence electrons. The summed E-state index contributed by atoms with van der Waals surface area (Å²) in [5.74, 6) is 0.689. The van der Waals surface area contributed by atoms with Gasteiger partial charge in [0.25, 0.3) is 0 Å². The van der Waals surface area contributed by atoms with Gasteiger partial charge >= 0.3 is 0 Å². The molecule has 0 amide bonds. The van der Waals surface area contributed by atoms with E-state index >= 15 is 0 Å². The maximum atomic E-state index is 6.06. The molecule has 1 rings (SSSR count). The predicted octanol–water partition coefficient (Wildman–Crippen LogP) is 1.86. The first-order valence-corrected chi connectivity index (χ1v) is 6.56. The van der Waals surface area contributed by atoms with E-state index in [1.54, 1.807) is 0 Å². The van der Waals surface area contributed by atoms with Crippen LogP contribution in [0.1, 0.15) is 40.5 Å². The minimum absolute atomic E-state index is 0.177. The van der Waals surface area contributed by atoms with Crippen LogP contribution in [0.25, 0.3) is 0 Å². The molecule has 0 aromatic carbocycles. The summed E-state index contributed by atoms with van der Waals surface area (Å²) < 4.78 is 5.48. The van der Waals surface area contributed by atoms with Crippen LogP contribution in [-0.4, -0.2) is 42.8 Å². The first-order valence-electron chi connectivity index (χ1n) is 6.56. The Morgan fingerprint density at radius 2 is 1.75 bits per heavy atom. The zero-order valence-electron chi connectivity index (χ0n) is 11.3. The average Bonchev–Trinajstić information content (AvgIpc) is 2.26. The number of nitrogens with two attached hydrogens (primary N) is 1. The number of hydrogen-bond acceptors (Lipinski definition) is 3. The normalized spacial score (nSPS) is 21.0. The summed E-state index contributed by atoms with van der Waals surface area (Å²) in [6.07, 6.45) is 2.16. The summed E-state index contributed by atoms with van der Waals surface area (Å²) in [7, 11) is 0. The zero-order valence-corrected chi connectivity index (χ0v) is 11.3. The minimum Gasteiger partial charge on any atom is -0.381 e. The number of rotatable bonds is 5. The van der Waals surface area contributed by atoms with E-state index in [0.29, 0.717) is 12.0 Å². The van der Waals surface area contributed by atoms with Crippen LogP contribution in [0.2, 0.25) is 0 Å². The van der Waals surface area contributed by atoms with Crippen molar-refractivity contribution in [2.45, 2.75) is 52.1 Å². The SMILES string of the molecule is CC(C)CN(C(C)C)C1(CN)CCOCC1. The van der Waals surface area contributed by atoms with Crippen molar-refractivity contribution in [2.75, 3.05) is 26.3 Å². The van der Waals surface area contributed by atoms with Gasteiger partial charge in [-0.1, -0.05) is 13.8 Å². The standard InChI is InChI=1S/C13H28N2O/c1-11(2)9-15(12(3)4)13(10-14)5-7-16-8-6-13/h11-12H,5-10,14H2,1-4H3. The third-order valence-electron chi connectivity index (χ3n) is 3.60. The molecule has 3 heteroatoms. The van der Waals surface area contributed by atoms with Crippen molar-refractivity contribution >= 4 is 0 Å². The number of ether oxygens (including phenoxy) is 1. The molecule has 1 heterocycles. The lowest BCUT2D eigenvalue weighted by molar-refractivity contribution is -0.0425. The van der Waals surface area contributed by atoms with Crippen LogP contribution >= 0.6 is 0 Å². The van der Waals surface area contributed by atoms with Crippen molar-refractivity contribution in [2.24, 2.45) is 11.7 Å². The molecule has 16 heavy (non-hydrogen) atoms. The van der Waals surface area contributed by atoms with Crippen LogP contribution in [0.3, 0.4) is 0 Å². The Hall–Kier alpha value is -0.120. The second-order valence-corrected chi connectivity index (χ2v) is 5.68. The second-order valence-electron chi connectivity index (χ2n) is 5.68. The molecule has 1 aliphatic rings. The Labute approximate surface area is 100 Å². The quantitative estimate of drug-likeness (QED) is 0.780. The van der Waals surface area contributed by atoms with Gasteiger partial charge in [-0.05, 0) is 32.6 Å². The molecule has 0 bridgehead atoms. The Bertz CT molecular complexity index is 198. The fourth-order valence-electron chi connectivity index (χ4n) is 2.71. The molecule has 0 radical (unpaired) electrons. The third-order valence-corrected chi connectivity index (χ3v) is 3.60. The van der Waals surface area contributed by atoms with E-state index in [2.05, 4.69) is 32.6 Å². The van der Waals surface area contributed by atoms with Crippen LogP contribution in [-0.2, 0) is 4.74 Å². The van der Waals surface area contributed by atoms with Gasteiger partial charge in [0.15, 0.2) is 0 Å². The molecule has 3 nitrogen and oxygen atoms in total. The molecule has 1 fully saturated rings. The molecule has 0 saturated carbocycles. The Morgan fingerprint density at radius 3 is 2.12 bits per heavy atom. The van der Waals surface area contributed by atoms with E-state index in [4.69, 9.17) is 10.5 Å². The van der Waals surface area contributed by atoms with Gasteiger partial charge in [0.2, 0.25) is 0 Å². The smallest absolute Gasteiger partial charge is 0.0484 e. The van der Waals surface area contributed by atoms with Crippen molar-refractivity contribution in [1.82, 2.24) is 4.90 Å². The Morgan fingerprint density at radius 1 is 1.19 bits per heavy atom. The molecular weight excluding hydrogens is 200 g/mol. The van der Waals surface area contributed by atoms with E-state index in [9.17, 15) is 0 Å². The van der Waals surface area contributed by atoms with Crippen molar-refractivity contribution in [3.8, 4) is 0 Å². The summed E-state index contributed by atoms with van der Waals surface area (Å²) in [6.45, 7) is 12.7. The van der Waals surface area contributed by atoms with Crippen molar-refractivity contribution < 1.29 is 4.74 Å². The summed E-state index contributed by atoms with van der Waals surface area (Å²) in [6, 6.07) is 0.559. The fourth-order valence-corrected chi connectivity index (χ4v) is 2.71. The highest BCUT2D eigenvalue weighted by molar-refractivity contribution is 4.95. The highest BCUT2D eigenvalue weighted by atomic mass is 16.5. The van der Waals surface area contributed by atoms with Gasteiger partial charge in [0.1, 0.15) is 0 Å². The van der Waals surface area contributed by atoms with Crippen LogP contribution in [0.5, 0.6) is 0 Å². The number of nitrogens with zero attached hydrogens (tertiary/aromatic N) is 1. The van der Waals surface area contributed by atoms with Crippen molar-refractivity contribution in [1.29, 1.82) is 0 Å². The topological polar surface area (TPSA) is 38.5 Å². The summed E-state index contributed by atoms with van der Waals surface area (Å²) in [5, 5.41) is 0. The van der Waals surface area contributed by atoms with Crippen LogP contribution in [0.15, 0.2) is 0 Å². The first-order chi connectivity index (χ1) is 7.52. The molecule has 0 unspecified atom stereocenters. The lowest BCUT2D eigenvalue weighted by atomic mass is 9.86. The van der Waals surface area contributed by atoms with E-state index < -0.39 is 0 Å². The van der Waals surface area contributed by atoms with E-state index in [1.165, 1.54) is 0 Å². The van der Waals surface area contributed by atoms with E-state index in [-0.39, 0.29) is 5.54 Å². The Kier molecular flexibility index (Phi) is 5.22. The third kappa shape index (κ3) is 3.19. The maximum Gasteiger partial charge on any atom is 0.0484 e. The lowest BCUT2D eigenvalue weighted by Gasteiger charge is -2.48.